The average molecular weight is 259 g/mol. The molecule has 76 valence electrons. The molecule has 1 aromatic rings. The minimum absolute atomic E-state index is 0.275. The van der Waals surface area contributed by atoms with Crippen LogP contribution in [0.5, 0.6) is 5.75 Å². The van der Waals surface area contributed by atoms with Crippen molar-refractivity contribution in [2.75, 3.05) is 6.61 Å². The summed E-state index contributed by atoms with van der Waals surface area (Å²) in [7, 11) is 0. The van der Waals surface area contributed by atoms with E-state index in [0.717, 1.165) is 12.0 Å². The van der Waals surface area contributed by atoms with Gasteiger partial charge in [0.15, 0.2) is 11.6 Å². The van der Waals surface area contributed by atoms with E-state index in [2.05, 4.69) is 22.5 Å². The molecule has 0 spiro atoms. The van der Waals surface area contributed by atoms with Crippen LogP contribution >= 0.6 is 15.9 Å². The Bertz CT molecular complexity index is 313. The van der Waals surface area contributed by atoms with E-state index in [1.165, 1.54) is 6.07 Å². The molecule has 1 rings (SSSR count). The molecule has 3 heteroatoms. The fourth-order valence-corrected chi connectivity index (χ4v) is 1.61. The van der Waals surface area contributed by atoms with Crippen molar-refractivity contribution in [1.82, 2.24) is 0 Å². The summed E-state index contributed by atoms with van der Waals surface area (Å²) in [5, 5.41) is 0. The maximum absolute atomic E-state index is 13.4. The minimum atomic E-state index is -0.359. The Hall–Kier alpha value is -0.830. The summed E-state index contributed by atoms with van der Waals surface area (Å²) < 4.78 is 19.3. The first-order valence-corrected chi connectivity index (χ1v) is 5.22. The Labute approximate surface area is 91.7 Å². The molecule has 0 radical (unpaired) electrons. The fourth-order valence-electron chi connectivity index (χ4n) is 1.04. The van der Waals surface area contributed by atoms with Crippen LogP contribution in [0.2, 0.25) is 0 Å². The molecule has 0 heterocycles. The maximum atomic E-state index is 13.4. The molecule has 0 bridgehead atoms. The number of benzene rings is 1. The van der Waals surface area contributed by atoms with Crippen LogP contribution in [-0.2, 0) is 0 Å². The van der Waals surface area contributed by atoms with E-state index in [4.69, 9.17) is 4.74 Å². The van der Waals surface area contributed by atoms with Crippen LogP contribution in [0.25, 0.3) is 6.08 Å². The lowest BCUT2D eigenvalue weighted by atomic mass is 10.2. The molecule has 0 saturated carbocycles. The lowest BCUT2D eigenvalue weighted by Crippen LogP contribution is -1.98. The standard InChI is InChI=1S/C11H12BrFO/c1-3-5-14-11-9(12)6-8(4-2)7-10(11)13/h4,6-7H,2-3,5H2,1H3. The van der Waals surface area contributed by atoms with Gasteiger partial charge in [-0.15, -0.1) is 0 Å². The van der Waals surface area contributed by atoms with Gasteiger partial charge >= 0.3 is 0 Å². The predicted molar refractivity (Wildman–Crippen MR) is 60.0 cm³/mol. The van der Waals surface area contributed by atoms with Crippen LogP contribution in [0.4, 0.5) is 4.39 Å². The van der Waals surface area contributed by atoms with Gasteiger partial charge in [-0.1, -0.05) is 19.6 Å². The first-order chi connectivity index (χ1) is 6.69. The van der Waals surface area contributed by atoms with Crippen LogP contribution in [0.1, 0.15) is 18.9 Å². The van der Waals surface area contributed by atoms with E-state index in [1.807, 2.05) is 6.92 Å². The highest BCUT2D eigenvalue weighted by atomic mass is 79.9. The summed E-state index contributed by atoms with van der Waals surface area (Å²) >= 11 is 3.26. The molecule has 0 aromatic heterocycles. The smallest absolute Gasteiger partial charge is 0.169 e. The third-order valence-corrected chi connectivity index (χ3v) is 2.30. The number of halogens is 2. The van der Waals surface area contributed by atoms with Crippen LogP contribution in [0.15, 0.2) is 23.2 Å². The Balaban J connectivity index is 2.99. The maximum Gasteiger partial charge on any atom is 0.169 e. The first kappa shape index (κ1) is 11.2. The number of hydrogen-bond acceptors (Lipinski definition) is 1. The Morgan fingerprint density at radius 3 is 2.79 bits per heavy atom. The van der Waals surface area contributed by atoms with Gasteiger partial charge in [-0.25, -0.2) is 4.39 Å². The average Bonchev–Trinajstić information content (AvgIpc) is 2.16. The van der Waals surface area contributed by atoms with E-state index in [1.54, 1.807) is 12.1 Å². The van der Waals surface area contributed by atoms with Crippen molar-refractivity contribution in [3.8, 4) is 5.75 Å². The highest BCUT2D eigenvalue weighted by Gasteiger charge is 2.09. The van der Waals surface area contributed by atoms with Crippen molar-refractivity contribution >= 4 is 22.0 Å². The molecule has 0 aliphatic rings. The van der Waals surface area contributed by atoms with E-state index >= 15 is 0 Å². The van der Waals surface area contributed by atoms with Crippen molar-refractivity contribution < 1.29 is 9.13 Å². The van der Waals surface area contributed by atoms with Crippen molar-refractivity contribution in [2.24, 2.45) is 0 Å². The molecule has 0 saturated heterocycles. The minimum Gasteiger partial charge on any atom is -0.489 e. The molecule has 0 atom stereocenters. The summed E-state index contributed by atoms with van der Waals surface area (Å²) in [6.45, 7) is 6.07. The number of ether oxygens (including phenoxy) is 1. The third kappa shape index (κ3) is 2.58. The van der Waals surface area contributed by atoms with Crippen LogP contribution < -0.4 is 4.74 Å². The van der Waals surface area contributed by atoms with E-state index in [0.29, 0.717) is 11.1 Å². The van der Waals surface area contributed by atoms with Gasteiger partial charge < -0.3 is 4.74 Å². The van der Waals surface area contributed by atoms with Crippen LogP contribution in [-0.4, -0.2) is 6.61 Å². The van der Waals surface area contributed by atoms with Gasteiger partial charge in [-0.3, -0.25) is 0 Å². The first-order valence-electron chi connectivity index (χ1n) is 4.43. The van der Waals surface area contributed by atoms with Crippen LogP contribution in [0.3, 0.4) is 0 Å². The highest BCUT2D eigenvalue weighted by Crippen LogP contribution is 2.30. The lowest BCUT2D eigenvalue weighted by Gasteiger charge is -2.08. The van der Waals surface area contributed by atoms with Crippen molar-refractivity contribution in [1.29, 1.82) is 0 Å². The topological polar surface area (TPSA) is 9.23 Å². The Morgan fingerprint density at radius 1 is 1.57 bits per heavy atom. The predicted octanol–water partition coefficient (Wildman–Crippen LogP) is 4.02. The zero-order valence-electron chi connectivity index (χ0n) is 8.02. The second kappa shape index (κ2) is 5.15. The summed E-state index contributed by atoms with van der Waals surface area (Å²) in [4.78, 5) is 0. The van der Waals surface area contributed by atoms with Crippen molar-refractivity contribution in [2.45, 2.75) is 13.3 Å². The molecule has 0 unspecified atom stereocenters. The SMILES string of the molecule is C=Cc1cc(F)c(OCCC)c(Br)c1. The molecule has 0 fully saturated rings. The van der Waals surface area contributed by atoms with Gasteiger partial charge in [-0.05, 0) is 40.0 Å². The van der Waals surface area contributed by atoms with Crippen molar-refractivity contribution in [3.63, 3.8) is 0 Å². The third-order valence-electron chi connectivity index (χ3n) is 1.71. The molecule has 0 amide bonds. The highest BCUT2D eigenvalue weighted by molar-refractivity contribution is 9.10. The zero-order chi connectivity index (χ0) is 10.6. The van der Waals surface area contributed by atoms with Gasteiger partial charge in [0.25, 0.3) is 0 Å². The molecule has 14 heavy (non-hydrogen) atoms. The van der Waals surface area contributed by atoms with Gasteiger partial charge in [0, 0.05) is 0 Å². The second-order valence-corrected chi connectivity index (χ2v) is 3.72. The van der Waals surface area contributed by atoms with Gasteiger partial charge in [0.1, 0.15) is 0 Å². The summed E-state index contributed by atoms with van der Waals surface area (Å²) in [6, 6.07) is 3.18. The summed E-state index contributed by atoms with van der Waals surface area (Å²) in [6.07, 6.45) is 2.45. The molecular weight excluding hydrogens is 247 g/mol. The fraction of sp³-hybridized carbons (Fsp3) is 0.273. The van der Waals surface area contributed by atoms with E-state index < -0.39 is 0 Å². The molecular formula is C11H12BrFO. The summed E-state index contributed by atoms with van der Waals surface area (Å²) in [5.74, 6) is -0.0832. The monoisotopic (exact) mass is 258 g/mol. The van der Waals surface area contributed by atoms with Crippen LogP contribution in [0, 0.1) is 5.82 Å². The van der Waals surface area contributed by atoms with Crippen molar-refractivity contribution in [3.05, 3.63) is 34.6 Å². The number of hydrogen-bond donors (Lipinski definition) is 0. The zero-order valence-corrected chi connectivity index (χ0v) is 9.60. The second-order valence-electron chi connectivity index (χ2n) is 2.87. The molecule has 0 aliphatic carbocycles. The molecule has 0 aliphatic heterocycles. The quantitative estimate of drug-likeness (QED) is 0.793. The molecule has 1 aromatic carbocycles. The molecule has 0 N–H and O–H groups in total. The lowest BCUT2D eigenvalue weighted by molar-refractivity contribution is 0.299. The normalized spacial score (nSPS) is 9.93. The van der Waals surface area contributed by atoms with E-state index in [9.17, 15) is 4.39 Å². The summed E-state index contributed by atoms with van der Waals surface area (Å²) in [5.41, 5.74) is 0.734. The van der Waals surface area contributed by atoms with Gasteiger partial charge in [0.05, 0.1) is 11.1 Å². The Kier molecular flexibility index (Phi) is 4.14. The van der Waals surface area contributed by atoms with Gasteiger partial charge in [0.2, 0.25) is 0 Å². The van der Waals surface area contributed by atoms with E-state index in [-0.39, 0.29) is 11.6 Å². The number of rotatable bonds is 4. The molecule has 1 nitrogen and oxygen atoms in total. The Morgan fingerprint density at radius 2 is 2.29 bits per heavy atom. The van der Waals surface area contributed by atoms with Gasteiger partial charge in [-0.2, -0.15) is 0 Å². The largest absolute Gasteiger partial charge is 0.489 e.